The lowest BCUT2D eigenvalue weighted by atomic mass is 9.49. The summed E-state index contributed by atoms with van der Waals surface area (Å²) in [4.78, 5) is 70.1. The Kier molecular flexibility index (Phi) is 8.45. The molecule has 0 aromatic heterocycles. The molecular weight excluding hydrogens is 638 g/mol. The van der Waals surface area contributed by atoms with Crippen molar-refractivity contribution in [2.24, 2.45) is 23.7 Å². The van der Waals surface area contributed by atoms with E-state index in [-0.39, 0.29) is 56.2 Å². The fraction of sp³-hybridized carbons (Fsp3) is 0.359. The molecule has 1 saturated carbocycles. The van der Waals surface area contributed by atoms with E-state index in [1.165, 1.54) is 4.90 Å². The number of ether oxygens (including phenoxy) is 1. The van der Waals surface area contributed by atoms with Crippen LogP contribution in [0, 0.1) is 30.6 Å². The second kappa shape index (κ2) is 12.8. The fourth-order valence-corrected chi connectivity index (χ4v) is 8.81. The molecule has 3 N–H and O–H groups in total. The van der Waals surface area contributed by atoms with Crippen LogP contribution in [0.1, 0.15) is 55.2 Å². The van der Waals surface area contributed by atoms with E-state index in [9.17, 15) is 29.4 Å². The van der Waals surface area contributed by atoms with Gasteiger partial charge in [0.1, 0.15) is 0 Å². The van der Waals surface area contributed by atoms with Crippen molar-refractivity contribution in [3.05, 3.63) is 101 Å². The number of carbonyl (C=O) groups is 5. The van der Waals surface area contributed by atoms with Gasteiger partial charge in [0.05, 0.1) is 35.5 Å². The van der Waals surface area contributed by atoms with E-state index in [4.69, 9.17) is 4.74 Å². The molecule has 0 spiro atoms. The van der Waals surface area contributed by atoms with Crippen LogP contribution in [0.2, 0.25) is 0 Å². The molecule has 3 aromatic rings. The summed E-state index contributed by atoms with van der Waals surface area (Å²) in [7, 11) is 0. The molecule has 0 bridgehead atoms. The van der Waals surface area contributed by atoms with Crippen molar-refractivity contribution in [3.63, 3.8) is 0 Å². The number of phenolic OH excluding ortho intramolecular Hbond substituents is 1. The van der Waals surface area contributed by atoms with Crippen LogP contribution in [-0.4, -0.2) is 62.9 Å². The number of para-hydroxylation sites is 1. The zero-order chi connectivity index (χ0) is 35.3. The van der Waals surface area contributed by atoms with E-state index in [0.29, 0.717) is 22.4 Å². The molecule has 258 valence electrons. The number of imide groups is 2. The number of likely N-dealkylation sites (tertiary alicyclic amines) is 1. The van der Waals surface area contributed by atoms with Gasteiger partial charge in [-0.15, -0.1) is 0 Å². The SMILES string of the molecule is CCOc1cccc([C@H]2C3=CC[C@@H]4C(=O)N(CCCC(=O)O)C(=O)[C@@H]4[C@@H]3C[C@H]3C(=O)N(Nc4ccc(C)cc4)C(=O)[C@@]23c2ccccc2)c1O. The largest absolute Gasteiger partial charge is 0.504 e. The molecule has 6 atom stereocenters. The minimum atomic E-state index is -1.53. The first-order valence-corrected chi connectivity index (χ1v) is 17.1. The van der Waals surface area contributed by atoms with Crippen molar-refractivity contribution < 1.29 is 38.9 Å². The third kappa shape index (κ3) is 5.05. The first kappa shape index (κ1) is 33.1. The summed E-state index contributed by atoms with van der Waals surface area (Å²) in [6.45, 7) is 4.01. The van der Waals surface area contributed by atoms with Crippen molar-refractivity contribution in [1.82, 2.24) is 9.91 Å². The Balaban J connectivity index is 1.41. The molecule has 50 heavy (non-hydrogen) atoms. The van der Waals surface area contributed by atoms with E-state index in [0.717, 1.165) is 10.6 Å². The van der Waals surface area contributed by atoms with Crippen LogP contribution < -0.4 is 10.2 Å². The molecule has 0 unspecified atom stereocenters. The van der Waals surface area contributed by atoms with Gasteiger partial charge in [-0.05, 0) is 62.8 Å². The van der Waals surface area contributed by atoms with Gasteiger partial charge in [0, 0.05) is 24.4 Å². The maximum Gasteiger partial charge on any atom is 0.303 e. The molecule has 4 amide bonds. The summed E-state index contributed by atoms with van der Waals surface area (Å²) in [5.74, 6) is -6.62. The Morgan fingerprint density at radius 3 is 2.38 bits per heavy atom. The zero-order valence-electron chi connectivity index (χ0n) is 27.9. The second-order valence-electron chi connectivity index (χ2n) is 13.5. The number of allylic oxidation sites excluding steroid dienone is 2. The molecule has 3 aromatic carbocycles. The highest BCUT2D eigenvalue weighted by atomic mass is 16.5. The molecule has 11 nitrogen and oxygen atoms in total. The van der Waals surface area contributed by atoms with Gasteiger partial charge in [0.15, 0.2) is 11.5 Å². The summed E-state index contributed by atoms with van der Waals surface area (Å²) in [5, 5.41) is 22.1. The molecule has 2 saturated heterocycles. The molecule has 11 heteroatoms. The van der Waals surface area contributed by atoms with Crippen LogP contribution >= 0.6 is 0 Å². The number of carboxylic acids is 1. The van der Waals surface area contributed by atoms with Gasteiger partial charge < -0.3 is 14.9 Å². The lowest BCUT2D eigenvalue weighted by Crippen LogP contribution is -2.53. The molecular formula is C39H39N3O8. The van der Waals surface area contributed by atoms with E-state index in [1.807, 2.05) is 55.5 Å². The third-order valence-electron chi connectivity index (χ3n) is 10.9. The topological polar surface area (TPSA) is 154 Å². The van der Waals surface area contributed by atoms with Crippen molar-refractivity contribution >= 4 is 35.3 Å². The number of fused-ring (bicyclic) bond motifs is 4. The fourth-order valence-electron chi connectivity index (χ4n) is 8.81. The van der Waals surface area contributed by atoms with Gasteiger partial charge in [0.25, 0.3) is 11.8 Å². The first-order valence-electron chi connectivity index (χ1n) is 17.1. The predicted molar refractivity (Wildman–Crippen MR) is 182 cm³/mol. The van der Waals surface area contributed by atoms with Gasteiger partial charge in [-0.1, -0.05) is 71.8 Å². The number of nitrogens with one attached hydrogen (secondary N) is 1. The number of rotatable bonds is 10. The van der Waals surface area contributed by atoms with Gasteiger partial charge >= 0.3 is 5.97 Å². The number of carbonyl (C=O) groups excluding carboxylic acids is 4. The van der Waals surface area contributed by atoms with Crippen LogP contribution in [0.3, 0.4) is 0 Å². The Morgan fingerprint density at radius 1 is 0.940 bits per heavy atom. The molecule has 0 radical (unpaired) electrons. The number of benzene rings is 3. The Morgan fingerprint density at radius 2 is 1.68 bits per heavy atom. The Hall–Kier alpha value is -5.45. The third-order valence-corrected chi connectivity index (χ3v) is 10.9. The molecule has 2 heterocycles. The Bertz CT molecular complexity index is 1910. The lowest BCUT2D eigenvalue weighted by molar-refractivity contribution is -0.142. The highest BCUT2D eigenvalue weighted by Crippen LogP contribution is 2.65. The number of nitrogens with zero attached hydrogens (tertiary/aromatic N) is 2. The average molecular weight is 678 g/mol. The van der Waals surface area contributed by atoms with Crippen molar-refractivity contribution in [2.45, 2.75) is 50.9 Å². The van der Waals surface area contributed by atoms with Crippen molar-refractivity contribution in [2.75, 3.05) is 18.6 Å². The molecule has 2 aliphatic heterocycles. The monoisotopic (exact) mass is 677 g/mol. The van der Waals surface area contributed by atoms with Crippen LogP contribution in [0.5, 0.6) is 11.5 Å². The summed E-state index contributed by atoms with van der Waals surface area (Å²) in [6, 6.07) is 21.5. The second-order valence-corrected chi connectivity index (χ2v) is 13.5. The molecule has 7 rings (SSSR count). The van der Waals surface area contributed by atoms with Crippen LogP contribution in [0.15, 0.2) is 84.4 Å². The highest BCUT2D eigenvalue weighted by molar-refractivity contribution is 6.13. The summed E-state index contributed by atoms with van der Waals surface area (Å²) < 4.78 is 5.79. The number of aliphatic carboxylic acids is 1. The van der Waals surface area contributed by atoms with E-state index in [2.05, 4.69) is 5.43 Å². The first-order chi connectivity index (χ1) is 24.1. The van der Waals surface area contributed by atoms with Gasteiger partial charge in [-0.25, -0.2) is 0 Å². The van der Waals surface area contributed by atoms with Gasteiger partial charge in [-0.2, -0.15) is 5.01 Å². The number of aryl methyl sites for hydroxylation is 1. The van der Waals surface area contributed by atoms with Crippen molar-refractivity contribution in [3.8, 4) is 11.5 Å². The number of carboxylic acid groups (broad SMARTS) is 1. The van der Waals surface area contributed by atoms with Crippen LogP contribution in [-0.2, 0) is 29.4 Å². The normalized spacial score (nSPS) is 27.1. The Labute approximate surface area is 289 Å². The summed E-state index contributed by atoms with van der Waals surface area (Å²) >= 11 is 0. The number of aromatic hydroxyl groups is 1. The number of phenols is 1. The molecule has 3 fully saturated rings. The van der Waals surface area contributed by atoms with Crippen LogP contribution in [0.4, 0.5) is 5.69 Å². The van der Waals surface area contributed by atoms with Crippen LogP contribution in [0.25, 0.3) is 0 Å². The average Bonchev–Trinajstić information content (AvgIpc) is 3.48. The molecule has 4 aliphatic rings. The standard InChI is InChI=1S/C39H39N3O8/c1-3-50-30-12-7-11-27(34(30)45)33-25-18-19-26-32(37(48)41(35(26)46)20-8-13-31(43)44)28(25)21-29-36(47)42(40-24-16-14-22(2)15-17-24)38(49)39(29,33)23-9-5-4-6-10-23/h4-7,9-12,14-18,26,28-29,32-33,40,45H,3,8,13,19-21H2,1-2H3,(H,43,44)/t26-,28+,29-,32-,33+,39+/m0/s1. The maximum absolute atomic E-state index is 15.2. The zero-order valence-corrected chi connectivity index (χ0v) is 27.9. The van der Waals surface area contributed by atoms with E-state index >= 15 is 4.79 Å². The number of hydrogen-bond acceptors (Lipinski definition) is 8. The smallest absolute Gasteiger partial charge is 0.303 e. The predicted octanol–water partition coefficient (Wildman–Crippen LogP) is 4.95. The lowest BCUT2D eigenvalue weighted by Gasteiger charge is -2.50. The highest BCUT2D eigenvalue weighted by Gasteiger charge is 2.70. The molecule has 2 aliphatic carbocycles. The maximum atomic E-state index is 15.2. The summed E-state index contributed by atoms with van der Waals surface area (Å²) in [6.07, 6.45) is 2.21. The van der Waals surface area contributed by atoms with Crippen molar-refractivity contribution in [1.29, 1.82) is 0 Å². The quantitative estimate of drug-likeness (QED) is 0.200. The van der Waals surface area contributed by atoms with E-state index in [1.54, 1.807) is 37.3 Å². The summed E-state index contributed by atoms with van der Waals surface area (Å²) in [5.41, 5.74) is 4.78. The number of anilines is 1. The number of amides is 4. The minimum Gasteiger partial charge on any atom is -0.504 e. The minimum absolute atomic E-state index is 0.0112. The van der Waals surface area contributed by atoms with E-state index < -0.39 is 58.7 Å². The van der Waals surface area contributed by atoms with Gasteiger partial charge in [-0.3, -0.25) is 34.3 Å². The van der Waals surface area contributed by atoms with Gasteiger partial charge in [0.2, 0.25) is 11.8 Å². The number of hydrogen-bond donors (Lipinski definition) is 3. The number of hydrazine groups is 1.